The number of esters is 1. The topological polar surface area (TPSA) is 95.5 Å². The molecule has 0 aromatic heterocycles. The third-order valence-corrected chi connectivity index (χ3v) is 5.45. The largest absolute Gasteiger partial charge is 0.494 e. The van der Waals surface area contributed by atoms with Gasteiger partial charge in [-0.2, -0.15) is 5.10 Å². The van der Waals surface area contributed by atoms with Crippen molar-refractivity contribution in [3.05, 3.63) is 82.3 Å². The summed E-state index contributed by atoms with van der Waals surface area (Å²) in [5, 5.41) is 4.00. The number of carbonyl (C=O) groups is 2. The van der Waals surface area contributed by atoms with Crippen molar-refractivity contribution in [1.82, 2.24) is 5.43 Å². The number of benzene rings is 3. The highest BCUT2D eigenvalue weighted by Crippen LogP contribution is 2.29. The lowest BCUT2D eigenvalue weighted by atomic mass is 10.2. The van der Waals surface area contributed by atoms with Gasteiger partial charge in [-0.15, -0.1) is 0 Å². The van der Waals surface area contributed by atoms with Crippen molar-refractivity contribution in [2.75, 3.05) is 13.2 Å². The Hall–Kier alpha value is -3.85. The molecule has 194 valence electrons. The van der Waals surface area contributed by atoms with Crippen molar-refractivity contribution in [2.24, 2.45) is 5.10 Å². The average Bonchev–Trinajstić information content (AvgIpc) is 2.90. The number of ether oxygens (including phenoxy) is 4. The zero-order chi connectivity index (χ0) is 26.6. The van der Waals surface area contributed by atoms with Crippen LogP contribution in [0.15, 0.2) is 76.3 Å². The quantitative estimate of drug-likeness (QED) is 0.129. The second-order valence-electron chi connectivity index (χ2n) is 7.85. The fourth-order valence-corrected chi connectivity index (χ4v) is 3.32. The Morgan fingerprint density at radius 3 is 2.32 bits per heavy atom. The third kappa shape index (κ3) is 8.64. The van der Waals surface area contributed by atoms with E-state index in [0.717, 1.165) is 10.9 Å². The van der Waals surface area contributed by atoms with Crippen molar-refractivity contribution in [3.63, 3.8) is 0 Å². The second-order valence-corrected chi connectivity index (χ2v) is 8.77. The van der Waals surface area contributed by atoms with E-state index in [2.05, 4.69) is 26.5 Å². The number of rotatable bonds is 12. The van der Waals surface area contributed by atoms with E-state index in [0.29, 0.717) is 41.6 Å². The van der Waals surface area contributed by atoms with E-state index in [1.54, 1.807) is 61.5 Å². The predicted octanol–water partition coefficient (Wildman–Crippen LogP) is 5.77. The summed E-state index contributed by atoms with van der Waals surface area (Å²) in [6.07, 6.45) is 1.62. The van der Waals surface area contributed by atoms with E-state index < -0.39 is 18.0 Å². The van der Waals surface area contributed by atoms with Gasteiger partial charge in [-0.3, -0.25) is 4.79 Å². The zero-order valence-corrected chi connectivity index (χ0v) is 22.5. The Labute approximate surface area is 224 Å². The molecule has 0 heterocycles. The van der Waals surface area contributed by atoms with Gasteiger partial charge in [-0.05, 0) is 92.6 Å². The van der Waals surface area contributed by atoms with Gasteiger partial charge in [-0.1, -0.05) is 22.9 Å². The molecule has 9 heteroatoms. The predicted molar refractivity (Wildman–Crippen MR) is 145 cm³/mol. The van der Waals surface area contributed by atoms with E-state index in [1.807, 2.05) is 26.0 Å². The van der Waals surface area contributed by atoms with Gasteiger partial charge in [-0.25, -0.2) is 10.2 Å². The first-order valence-electron chi connectivity index (χ1n) is 11.9. The molecule has 1 N–H and O–H groups in total. The lowest BCUT2D eigenvalue weighted by molar-refractivity contribution is -0.127. The normalized spacial score (nSPS) is 11.6. The van der Waals surface area contributed by atoms with Crippen LogP contribution in [-0.4, -0.2) is 37.4 Å². The van der Waals surface area contributed by atoms with Gasteiger partial charge in [0.15, 0.2) is 17.6 Å². The number of carbonyl (C=O) groups excluding carboxylic acids is 2. The Balaban J connectivity index is 1.60. The van der Waals surface area contributed by atoms with E-state index >= 15 is 0 Å². The summed E-state index contributed by atoms with van der Waals surface area (Å²) in [4.78, 5) is 24.9. The number of nitrogens with zero attached hydrogens (tertiary/aromatic N) is 1. The zero-order valence-electron chi connectivity index (χ0n) is 20.9. The summed E-state index contributed by atoms with van der Waals surface area (Å²) in [7, 11) is 0. The Morgan fingerprint density at radius 1 is 0.946 bits per heavy atom. The molecule has 0 saturated heterocycles. The Kier molecular flexibility index (Phi) is 10.5. The summed E-state index contributed by atoms with van der Waals surface area (Å²) in [6.45, 7) is 6.47. The van der Waals surface area contributed by atoms with Crippen molar-refractivity contribution >= 4 is 34.0 Å². The van der Waals surface area contributed by atoms with Crippen LogP contribution in [0.5, 0.6) is 23.0 Å². The average molecular weight is 569 g/mol. The molecule has 0 radical (unpaired) electrons. The number of nitrogens with one attached hydrogen (secondary N) is 1. The first kappa shape index (κ1) is 27.7. The smallest absolute Gasteiger partial charge is 0.343 e. The lowest BCUT2D eigenvalue weighted by Crippen LogP contribution is -2.33. The number of halogens is 1. The first-order valence-corrected chi connectivity index (χ1v) is 12.7. The van der Waals surface area contributed by atoms with Crippen molar-refractivity contribution in [1.29, 1.82) is 0 Å². The molecule has 0 saturated carbocycles. The van der Waals surface area contributed by atoms with Crippen molar-refractivity contribution in [3.8, 4) is 23.0 Å². The molecular formula is C28H29BrN2O6. The van der Waals surface area contributed by atoms with E-state index in [1.165, 1.54) is 6.21 Å². The molecule has 0 bridgehead atoms. The minimum Gasteiger partial charge on any atom is -0.494 e. The molecule has 0 aliphatic rings. The molecule has 0 aliphatic carbocycles. The number of hydrogen-bond acceptors (Lipinski definition) is 7. The van der Waals surface area contributed by atoms with Crippen LogP contribution in [0.1, 0.15) is 43.1 Å². The van der Waals surface area contributed by atoms with Crippen LogP contribution >= 0.6 is 15.9 Å². The van der Waals surface area contributed by atoms with Gasteiger partial charge in [0.1, 0.15) is 11.5 Å². The van der Waals surface area contributed by atoms with Gasteiger partial charge in [0.2, 0.25) is 0 Å². The maximum absolute atomic E-state index is 12.6. The summed E-state index contributed by atoms with van der Waals surface area (Å²) in [5.74, 6) is 0.995. The van der Waals surface area contributed by atoms with Gasteiger partial charge >= 0.3 is 5.97 Å². The van der Waals surface area contributed by atoms with Crippen LogP contribution in [0.2, 0.25) is 0 Å². The minimum atomic E-state index is -0.744. The number of amides is 1. The summed E-state index contributed by atoms with van der Waals surface area (Å²) in [6, 6.07) is 18.9. The van der Waals surface area contributed by atoms with Gasteiger partial charge in [0.25, 0.3) is 5.91 Å². The molecule has 0 aliphatic heterocycles. The van der Waals surface area contributed by atoms with Crippen molar-refractivity contribution in [2.45, 2.75) is 33.3 Å². The monoisotopic (exact) mass is 568 g/mol. The molecule has 8 nitrogen and oxygen atoms in total. The highest BCUT2D eigenvalue weighted by atomic mass is 79.9. The molecule has 3 aromatic carbocycles. The molecule has 3 aromatic rings. The number of hydrazone groups is 1. The summed E-state index contributed by atoms with van der Waals surface area (Å²) in [5.41, 5.74) is 3.49. The van der Waals surface area contributed by atoms with Gasteiger partial charge in [0.05, 0.1) is 25.0 Å². The maximum atomic E-state index is 12.6. The number of hydrogen-bond donors (Lipinski definition) is 1. The maximum Gasteiger partial charge on any atom is 0.343 e. The lowest BCUT2D eigenvalue weighted by Gasteiger charge is -2.13. The van der Waals surface area contributed by atoms with Gasteiger partial charge < -0.3 is 18.9 Å². The molecule has 1 atom stereocenters. The summed E-state index contributed by atoms with van der Waals surface area (Å²) < 4.78 is 23.3. The van der Waals surface area contributed by atoms with Crippen LogP contribution in [-0.2, 0) is 4.79 Å². The van der Waals surface area contributed by atoms with Crippen molar-refractivity contribution < 1.29 is 28.5 Å². The fourth-order valence-electron chi connectivity index (χ4n) is 3.06. The molecular weight excluding hydrogens is 540 g/mol. The highest BCUT2D eigenvalue weighted by Gasteiger charge is 2.15. The SMILES string of the molecule is CCCOc1ccc(C(=O)Oc2ccc(C=NNC(=O)C(C)Oc3ccc(Br)cc3)cc2OCC)cc1. The molecule has 0 spiro atoms. The molecule has 3 rings (SSSR count). The van der Waals surface area contributed by atoms with Gasteiger partial charge in [0, 0.05) is 4.47 Å². The highest BCUT2D eigenvalue weighted by molar-refractivity contribution is 9.10. The molecule has 1 amide bonds. The second kappa shape index (κ2) is 14.0. The minimum absolute atomic E-state index is 0.274. The van der Waals surface area contributed by atoms with Crippen LogP contribution in [0, 0.1) is 0 Å². The molecule has 37 heavy (non-hydrogen) atoms. The van der Waals surface area contributed by atoms with Crippen LogP contribution in [0.25, 0.3) is 0 Å². The molecule has 0 fully saturated rings. The van der Waals surface area contributed by atoms with Crippen LogP contribution in [0.3, 0.4) is 0 Å². The van der Waals surface area contributed by atoms with E-state index in [-0.39, 0.29) is 5.75 Å². The first-order chi connectivity index (χ1) is 17.9. The Bertz CT molecular complexity index is 1210. The molecule has 1 unspecified atom stereocenters. The fraction of sp³-hybridized carbons (Fsp3) is 0.250. The van der Waals surface area contributed by atoms with Crippen LogP contribution < -0.4 is 24.4 Å². The summed E-state index contributed by atoms with van der Waals surface area (Å²) >= 11 is 3.36. The Morgan fingerprint density at radius 2 is 1.65 bits per heavy atom. The van der Waals surface area contributed by atoms with Crippen LogP contribution in [0.4, 0.5) is 0 Å². The standard InChI is InChI=1S/C28H29BrN2O6/c1-4-16-35-23-11-7-21(8-12-23)28(33)37-25-15-6-20(17-26(25)34-5-2)18-30-31-27(32)19(3)36-24-13-9-22(29)10-14-24/h6-15,17-19H,4-5,16H2,1-3H3,(H,31,32). The third-order valence-electron chi connectivity index (χ3n) is 4.92. The van der Waals surface area contributed by atoms with E-state index in [9.17, 15) is 9.59 Å². The van der Waals surface area contributed by atoms with E-state index in [4.69, 9.17) is 18.9 Å².